The average Bonchev–Trinajstić information content (AvgIpc) is 3.65. The molecule has 0 aliphatic carbocycles. The summed E-state index contributed by atoms with van der Waals surface area (Å²) < 4.78 is 95.8. The number of methoxy groups -OCH3 is 1. The number of nitrogens with zero attached hydrogens (tertiary/aromatic N) is 3. The minimum Gasteiger partial charge on any atom is -0.493 e. The van der Waals surface area contributed by atoms with E-state index in [1.165, 1.54) is 31.0 Å². The summed E-state index contributed by atoms with van der Waals surface area (Å²) in [5.74, 6) is -0.255. The van der Waals surface area contributed by atoms with Gasteiger partial charge < -0.3 is 24.0 Å². The van der Waals surface area contributed by atoms with Gasteiger partial charge in [-0.05, 0) is 60.5 Å². The summed E-state index contributed by atoms with van der Waals surface area (Å²) in [5.41, 5.74) is -2.81. The Labute approximate surface area is 252 Å². The molecule has 44 heavy (non-hydrogen) atoms. The summed E-state index contributed by atoms with van der Waals surface area (Å²) in [6.07, 6.45) is -7.16. The van der Waals surface area contributed by atoms with Crippen LogP contribution >= 0.6 is 11.8 Å². The number of alkyl halides is 6. The summed E-state index contributed by atoms with van der Waals surface area (Å²) in [6, 6.07) is 5.86. The summed E-state index contributed by atoms with van der Waals surface area (Å²) in [4.78, 5) is 33.5. The number of amidine groups is 1. The number of hydrogen-bond acceptors (Lipinski definition) is 7. The lowest BCUT2D eigenvalue weighted by Crippen LogP contribution is -2.52. The topological polar surface area (TPSA) is 80.7 Å². The number of carbonyl (C=O) groups excluding carboxylic acids is 2. The predicted molar refractivity (Wildman–Crippen MR) is 149 cm³/mol. The van der Waals surface area contributed by atoms with Crippen molar-refractivity contribution in [3.63, 3.8) is 0 Å². The molecule has 3 aliphatic rings. The third kappa shape index (κ3) is 7.15. The Morgan fingerprint density at radius 2 is 1.80 bits per heavy atom. The first-order chi connectivity index (χ1) is 20.8. The highest BCUT2D eigenvalue weighted by molar-refractivity contribution is 8.18. The molecular formula is C29H27F6N3O5S. The zero-order valence-corrected chi connectivity index (χ0v) is 24.2. The average molecular weight is 644 g/mol. The van der Waals surface area contributed by atoms with Gasteiger partial charge in [-0.25, -0.2) is 0 Å². The van der Waals surface area contributed by atoms with Crippen LogP contribution in [0.4, 0.5) is 26.3 Å². The predicted octanol–water partition coefficient (Wildman–Crippen LogP) is 5.61. The van der Waals surface area contributed by atoms with Gasteiger partial charge in [-0.3, -0.25) is 9.59 Å². The second-order valence-electron chi connectivity index (χ2n) is 10.2. The Balaban J connectivity index is 1.23. The Morgan fingerprint density at radius 1 is 1.05 bits per heavy atom. The van der Waals surface area contributed by atoms with Gasteiger partial charge in [0.25, 0.3) is 11.8 Å². The van der Waals surface area contributed by atoms with Crippen LogP contribution in [0.2, 0.25) is 0 Å². The Bertz CT molecular complexity index is 1480. The van der Waals surface area contributed by atoms with Crippen LogP contribution in [-0.4, -0.2) is 72.8 Å². The molecule has 2 aromatic carbocycles. The van der Waals surface area contributed by atoms with Gasteiger partial charge in [-0.15, -0.1) is 0 Å². The molecule has 2 fully saturated rings. The van der Waals surface area contributed by atoms with Gasteiger partial charge in [0.1, 0.15) is 12.7 Å². The summed E-state index contributed by atoms with van der Waals surface area (Å²) in [7, 11) is 1.32. The SMILES string of the molecule is COc1cc(/C=C2/SC(N3CCN(C(=O)C4CCCO4)CC3)=NC2=O)ccc1OCc1ccc(C(F)(F)F)cc1C(F)(F)F. The van der Waals surface area contributed by atoms with Gasteiger partial charge in [0.2, 0.25) is 0 Å². The monoisotopic (exact) mass is 643 g/mol. The van der Waals surface area contributed by atoms with E-state index in [-0.39, 0.29) is 29.6 Å². The fourth-order valence-corrected chi connectivity index (χ4v) is 5.93. The zero-order chi connectivity index (χ0) is 31.6. The highest BCUT2D eigenvalue weighted by Gasteiger charge is 2.38. The Kier molecular flexibility index (Phi) is 9.16. The van der Waals surface area contributed by atoms with Crippen LogP contribution < -0.4 is 9.47 Å². The van der Waals surface area contributed by atoms with Crippen LogP contribution in [0.3, 0.4) is 0 Å². The Hall–Kier alpha value is -3.72. The number of amides is 2. The first-order valence-corrected chi connectivity index (χ1v) is 14.4. The van der Waals surface area contributed by atoms with Gasteiger partial charge >= 0.3 is 12.4 Å². The van der Waals surface area contributed by atoms with E-state index in [0.29, 0.717) is 54.5 Å². The molecule has 236 valence electrons. The molecule has 5 rings (SSSR count). The van der Waals surface area contributed by atoms with Crippen LogP contribution in [0.1, 0.15) is 35.1 Å². The molecule has 0 saturated carbocycles. The minimum absolute atomic E-state index is 0.0126. The number of piperazine rings is 1. The van der Waals surface area contributed by atoms with E-state index in [2.05, 4.69) is 4.99 Å². The minimum atomic E-state index is -5.03. The summed E-state index contributed by atoms with van der Waals surface area (Å²) >= 11 is 1.19. The van der Waals surface area contributed by atoms with Gasteiger partial charge in [0, 0.05) is 38.3 Å². The van der Waals surface area contributed by atoms with E-state index in [9.17, 15) is 35.9 Å². The van der Waals surface area contributed by atoms with Crippen molar-refractivity contribution in [2.24, 2.45) is 4.99 Å². The van der Waals surface area contributed by atoms with E-state index in [1.807, 2.05) is 4.90 Å². The molecule has 2 aromatic rings. The molecular weight excluding hydrogens is 616 g/mol. The second kappa shape index (κ2) is 12.7. The molecule has 1 unspecified atom stereocenters. The van der Waals surface area contributed by atoms with Crippen molar-refractivity contribution >= 4 is 34.8 Å². The van der Waals surface area contributed by atoms with Gasteiger partial charge in [-0.2, -0.15) is 31.3 Å². The first kappa shape index (κ1) is 31.7. The first-order valence-electron chi connectivity index (χ1n) is 13.6. The van der Waals surface area contributed by atoms with E-state index >= 15 is 0 Å². The van der Waals surface area contributed by atoms with Crippen LogP contribution in [0, 0.1) is 0 Å². The van der Waals surface area contributed by atoms with E-state index in [1.54, 1.807) is 17.0 Å². The lowest BCUT2D eigenvalue weighted by Gasteiger charge is -2.36. The maximum Gasteiger partial charge on any atom is 0.416 e. The zero-order valence-electron chi connectivity index (χ0n) is 23.3. The standard InChI is InChI=1S/C29H27F6N3O5S/c1-41-23-13-17(4-7-21(23)43-16-18-5-6-19(28(30,31)32)15-20(18)29(33,34)35)14-24-25(39)36-27(44-24)38-10-8-37(9-11-38)26(40)22-3-2-12-42-22/h4-7,13-15,22H,2-3,8-12,16H2,1H3/b24-14+. The molecule has 3 heterocycles. The molecule has 0 bridgehead atoms. The molecule has 2 amide bonds. The summed E-state index contributed by atoms with van der Waals surface area (Å²) in [5, 5.41) is 0.523. The molecule has 2 saturated heterocycles. The molecule has 0 aromatic heterocycles. The molecule has 8 nitrogen and oxygen atoms in total. The van der Waals surface area contributed by atoms with E-state index in [0.717, 1.165) is 18.9 Å². The molecule has 0 N–H and O–H groups in total. The molecule has 15 heteroatoms. The number of rotatable bonds is 6. The summed E-state index contributed by atoms with van der Waals surface area (Å²) in [6.45, 7) is 1.93. The lowest BCUT2D eigenvalue weighted by atomic mass is 10.0. The van der Waals surface area contributed by atoms with Crippen LogP contribution in [-0.2, 0) is 33.3 Å². The van der Waals surface area contributed by atoms with Gasteiger partial charge in [0.05, 0.1) is 23.1 Å². The number of hydrogen-bond donors (Lipinski definition) is 0. The number of benzene rings is 2. The van der Waals surface area contributed by atoms with Crippen molar-refractivity contribution in [2.45, 2.75) is 37.9 Å². The smallest absolute Gasteiger partial charge is 0.416 e. The van der Waals surface area contributed by atoms with E-state index < -0.39 is 41.6 Å². The lowest BCUT2D eigenvalue weighted by molar-refractivity contribution is -0.144. The van der Waals surface area contributed by atoms with Crippen molar-refractivity contribution in [1.29, 1.82) is 0 Å². The third-order valence-corrected chi connectivity index (χ3v) is 8.33. The van der Waals surface area contributed by atoms with Crippen molar-refractivity contribution in [1.82, 2.24) is 9.80 Å². The van der Waals surface area contributed by atoms with Crippen molar-refractivity contribution < 1.29 is 50.1 Å². The maximum atomic E-state index is 13.5. The second-order valence-corrected chi connectivity index (χ2v) is 11.2. The fourth-order valence-electron chi connectivity index (χ4n) is 4.97. The molecule has 0 spiro atoms. The highest BCUT2D eigenvalue weighted by Crippen LogP contribution is 2.39. The quantitative estimate of drug-likeness (QED) is 0.299. The van der Waals surface area contributed by atoms with Crippen LogP contribution in [0.15, 0.2) is 46.3 Å². The van der Waals surface area contributed by atoms with Crippen molar-refractivity contribution in [2.75, 3.05) is 39.9 Å². The number of halogens is 6. The van der Waals surface area contributed by atoms with Gasteiger partial charge in [0.15, 0.2) is 16.7 Å². The molecule has 3 aliphatic heterocycles. The third-order valence-electron chi connectivity index (χ3n) is 7.29. The van der Waals surface area contributed by atoms with Crippen LogP contribution in [0.5, 0.6) is 11.5 Å². The maximum absolute atomic E-state index is 13.5. The highest BCUT2D eigenvalue weighted by atomic mass is 32.2. The number of thioether (sulfide) groups is 1. The normalized spacial score (nSPS) is 20.3. The fraction of sp³-hybridized carbons (Fsp3) is 0.414. The number of aliphatic imine (C=N–C) groups is 1. The van der Waals surface area contributed by atoms with Gasteiger partial charge in [-0.1, -0.05) is 12.1 Å². The van der Waals surface area contributed by atoms with E-state index in [4.69, 9.17) is 14.2 Å². The molecule has 0 radical (unpaired) electrons. The number of carbonyl (C=O) groups is 2. The number of ether oxygens (including phenoxy) is 3. The van der Waals surface area contributed by atoms with Crippen LogP contribution in [0.25, 0.3) is 6.08 Å². The van der Waals surface area contributed by atoms with Crippen molar-refractivity contribution in [3.8, 4) is 11.5 Å². The largest absolute Gasteiger partial charge is 0.493 e. The Morgan fingerprint density at radius 3 is 2.43 bits per heavy atom. The molecule has 1 atom stereocenters. The van der Waals surface area contributed by atoms with Crippen molar-refractivity contribution in [3.05, 3.63) is 63.6 Å².